The van der Waals surface area contributed by atoms with Crippen molar-refractivity contribution in [2.45, 2.75) is 18.6 Å². The fraction of sp³-hybridized carbons (Fsp3) is 0.688. The van der Waals surface area contributed by atoms with E-state index in [0.717, 1.165) is 46.0 Å². The number of likely N-dealkylation sites (tertiary alicyclic amines) is 1. The SMILES string of the molecule is c1cncc(N2CCO[C@H]3CN(C[C@@H]4CCOC4)C[C@H]32)c1. The van der Waals surface area contributed by atoms with Gasteiger partial charge in [-0.2, -0.15) is 0 Å². The van der Waals surface area contributed by atoms with Crippen molar-refractivity contribution in [3.8, 4) is 0 Å². The molecule has 0 amide bonds. The number of hydrogen-bond donors (Lipinski definition) is 0. The zero-order valence-corrected chi connectivity index (χ0v) is 12.4. The van der Waals surface area contributed by atoms with E-state index in [1.807, 2.05) is 18.5 Å². The molecule has 3 aliphatic rings. The Balaban J connectivity index is 1.44. The van der Waals surface area contributed by atoms with Gasteiger partial charge in [-0.1, -0.05) is 0 Å². The van der Waals surface area contributed by atoms with Gasteiger partial charge in [0.05, 0.1) is 37.2 Å². The Morgan fingerprint density at radius 2 is 2.29 bits per heavy atom. The summed E-state index contributed by atoms with van der Waals surface area (Å²) in [6.07, 6.45) is 5.35. The third-order valence-corrected chi connectivity index (χ3v) is 4.89. The van der Waals surface area contributed by atoms with Crippen LogP contribution in [0.1, 0.15) is 6.42 Å². The lowest BCUT2D eigenvalue weighted by Crippen LogP contribution is -2.51. The van der Waals surface area contributed by atoms with Crippen LogP contribution in [0.25, 0.3) is 0 Å². The highest BCUT2D eigenvalue weighted by Gasteiger charge is 2.40. The molecule has 0 N–H and O–H groups in total. The van der Waals surface area contributed by atoms with Gasteiger partial charge in [0.2, 0.25) is 0 Å². The van der Waals surface area contributed by atoms with E-state index in [1.54, 1.807) is 0 Å². The summed E-state index contributed by atoms with van der Waals surface area (Å²) in [7, 11) is 0. The molecule has 4 rings (SSSR count). The summed E-state index contributed by atoms with van der Waals surface area (Å²) in [4.78, 5) is 9.30. The van der Waals surface area contributed by atoms with Gasteiger partial charge in [-0.05, 0) is 24.5 Å². The molecule has 0 unspecified atom stereocenters. The first-order valence-electron chi connectivity index (χ1n) is 7.98. The summed E-state index contributed by atoms with van der Waals surface area (Å²) in [5.41, 5.74) is 1.22. The molecule has 0 radical (unpaired) electrons. The van der Waals surface area contributed by atoms with Gasteiger partial charge in [-0.3, -0.25) is 9.88 Å². The Morgan fingerprint density at radius 3 is 3.10 bits per heavy atom. The van der Waals surface area contributed by atoms with Crippen molar-refractivity contribution >= 4 is 5.69 Å². The largest absolute Gasteiger partial charge is 0.381 e. The summed E-state index contributed by atoms with van der Waals surface area (Å²) in [5, 5.41) is 0. The first kappa shape index (κ1) is 13.5. The monoisotopic (exact) mass is 289 g/mol. The minimum Gasteiger partial charge on any atom is -0.381 e. The summed E-state index contributed by atoms with van der Waals surface area (Å²) >= 11 is 0. The molecule has 0 aromatic carbocycles. The van der Waals surface area contributed by atoms with E-state index >= 15 is 0 Å². The van der Waals surface area contributed by atoms with Gasteiger partial charge < -0.3 is 14.4 Å². The molecule has 5 heteroatoms. The van der Waals surface area contributed by atoms with Crippen LogP contribution in [0.4, 0.5) is 5.69 Å². The predicted octanol–water partition coefficient (Wildman–Crippen LogP) is 1.01. The summed E-state index contributed by atoms with van der Waals surface area (Å²) < 4.78 is 11.5. The topological polar surface area (TPSA) is 37.8 Å². The normalized spacial score (nSPS) is 33.3. The van der Waals surface area contributed by atoms with Crippen LogP contribution in [-0.2, 0) is 9.47 Å². The van der Waals surface area contributed by atoms with Gasteiger partial charge >= 0.3 is 0 Å². The molecule has 0 saturated carbocycles. The molecule has 0 spiro atoms. The molecule has 0 bridgehead atoms. The maximum absolute atomic E-state index is 6.01. The second-order valence-electron chi connectivity index (χ2n) is 6.33. The van der Waals surface area contributed by atoms with Crippen molar-refractivity contribution in [3.05, 3.63) is 24.5 Å². The Labute approximate surface area is 125 Å². The molecule has 21 heavy (non-hydrogen) atoms. The van der Waals surface area contributed by atoms with E-state index in [1.165, 1.54) is 12.1 Å². The summed E-state index contributed by atoms with van der Waals surface area (Å²) in [6, 6.07) is 4.64. The molecule has 5 nitrogen and oxygen atoms in total. The number of fused-ring (bicyclic) bond motifs is 1. The predicted molar refractivity (Wildman–Crippen MR) is 80.5 cm³/mol. The first-order chi connectivity index (χ1) is 10.4. The maximum Gasteiger partial charge on any atom is 0.0918 e. The number of nitrogens with zero attached hydrogens (tertiary/aromatic N) is 3. The van der Waals surface area contributed by atoms with E-state index in [9.17, 15) is 0 Å². The Morgan fingerprint density at radius 1 is 1.29 bits per heavy atom. The molecular formula is C16H23N3O2. The van der Waals surface area contributed by atoms with Gasteiger partial charge in [0, 0.05) is 39.0 Å². The Bertz CT molecular complexity index is 464. The van der Waals surface area contributed by atoms with Crippen molar-refractivity contribution in [2.75, 3.05) is 50.9 Å². The van der Waals surface area contributed by atoms with Crippen LogP contribution in [0, 0.1) is 5.92 Å². The lowest BCUT2D eigenvalue weighted by atomic mass is 10.1. The number of morpholine rings is 1. The van der Waals surface area contributed by atoms with Gasteiger partial charge in [0.25, 0.3) is 0 Å². The average Bonchev–Trinajstić information content (AvgIpc) is 3.17. The van der Waals surface area contributed by atoms with E-state index in [2.05, 4.69) is 20.9 Å². The minimum absolute atomic E-state index is 0.335. The number of pyridine rings is 1. The van der Waals surface area contributed by atoms with Gasteiger partial charge in [0.1, 0.15) is 0 Å². The average molecular weight is 289 g/mol. The number of hydrogen-bond acceptors (Lipinski definition) is 5. The quantitative estimate of drug-likeness (QED) is 0.830. The van der Waals surface area contributed by atoms with Crippen LogP contribution in [0.3, 0.4) is 0 Å². The van der Waals surface area contributed by atoms with Crippen molar-refractivity contribution in [2.24, 2.45) is 5.92 Å². The first-order valence-corrected chi connectivity index (χ1v) is 7.98. The molecule has 114 valence electrons. The number of anilines is 1. The molecular weight excluding hydrogens is 266 g/mol. The second kappa shape index (κ2) is 5.91. The van der Waals surface area contributed by atoms with Gasteiger partial charge in [-0.25, -0.2) is 0 Å². The molecule has 3 atom stereocenters. The molecule has 1 aromatic rings. The van der Waals surface area contributed by atoms with Crippen molar-refractivity contribution in [1.82, 2.24) is 9.88 Å². The zero-order valence-electron chi connectivity index (χ0n) is 12.4. The minimum atomic E-state index is 0.335. The van der Waals surface area contributed by atoms with E-state index < -0.39 is 0 Å². The van der Waals surface area contributed by atoms with Crippen molar-refractivity contribution in [1.29, 1.82) is 0 Å². The van der Waals surface area contributed by atoms with Crippen LogP contribution < -0.4 is 4.90 Å². The maximum atomic E-state index is 6.01. The fourth-order valence-corrected chi connectivity index (χ4v) is 3.85. The van der Waals surface area contributed by atoms with Crippen LogP contribution in [0.5, 0.6) is 0 Å². The van der Waals surface area contributed by atoms with E-state index in [0.29, 0.717) is 18.1 Å². The zero-order chi connectivity index (χ0) is 14.1. The Hall–Kier alpha value is -1.17. The smallest absolute Gasteiger partial charge is 0.0918 e. The highest BCUT2D eigenvalue weighted by molar-refractivity contribution is 5.46. The van der Waals surface area contributed by atoms with Gasteiger partial charge in [-0.15, -0.1) is 0 Å². The molecule has 0 aliphatic carbocycles. The number of rotatable bonds is 3. The van der Waals surface area contributed by atoms with Crippen molar-refractivity contribution < 1.29 is 9.47 Å². The van der Waals surface area contributed by atoms with E-state index in [4.69, 9.17) is 9.47 Å². The van der Waals surface area contributed by atoms with Crippen LogP contribution in [0.2, 0.25) is 0 Å². The van der Waals surface area contributed by atoms with Crippen molar-refractivity contribution in [3.63, 3.8) is 0 Å². The molecule has 1 aromatic heterocycles. The standard InChI is InChI=1S/C16H23N3O2/c1-2-14(8-17-4-1)19-5-7-21-16-11-18(10-15(16)19)9-13-3-6-20-12-13/h1-2,4,8,13,15-16H,3,5-7,9-12H2/t13-,15+,16-/m0/s1. The van der Waals surface area contributed by atoms with Gasteiger partial charge in [0.15, 0.2) is 0 Å². The molecule has 3 aliphatic heterocycles. The summed E-state index contributed by atoms with van der Waals surface area (Å²) in [6.45, 7) is 6.94. The number of ether oxygens (including phenoxy) is 2. The molecule has 3 fully saturated rings. The number of aromatic nitrogens is 1. The van der Waals surface area contributed by atoms with Crippen LogP contribution >= 0.6 is 0 Å². The third-order valence-electron chi connectivity index (χ3n) is 4.89. The Kier molecular flexibility index (Phi) is 3.80. The summed E-state index contributed by atoms with van der Waals surface area (Å²) in [5.74, 6) is 0.706. The lowest BCUT2D eigenvalue weighted by Gasteiger charge is -2.38. The highest BCUT2D eigenvalue weighted by atomic mass is 16.5. The van der Waals surface area contributed by atoms with E-state index in [-0.39, 0.29) is 0 Å². The fourth-order valence-electron chi connectivity index (χ4n) is 3.85. The molecule has 4 heterocycles. The lowest BCUT2D eigenvalue weighted by molar-refractivity contribution is 0.0302. The molecule has 3 saturated heterocycles. The van der Waals surface area contributed by atoms with Crippen LogP contribution in [-0.4, -0.2) is 68.0 Å². The van der Waals surface area contributed by atoms with Crippen LogP contribution in [0.15, 0.2) is 24.5 Å². The third kappa shape index (κ3) is 2.78. The second-order valence-corrected chi connectivity index (χ2v) is 6.33. The highest BCUT2D eigenvalue weighted by Crippen LogP contribution is 2.28.